The Morgan fingerprint density at radius 2 is 1.79 bits per heavy atom. The summed E-state index contributed by atoms with van der Waals surface area (Å²) in [6.07, 6.45) is -1.71. The molecule has 0 spiro atoms. The lowest BCUT2D eigenvalue weighted by Crippen LogP contribution is -2.25. The average Bonchev–Trinajstić information content (AvgIpc) is 2.92. The number of anilines is 2. The molecule has 0 aliphatic rings. The second kappa shape index (κ2) is 12.3. The molecule has 0 aliphatic heterocycles. The first-order chi connectivity index (χ1) is 18.7. The average molecular weight is 536 g/mol. The molecule has 4 rings (SSSR count). The Balaban J connectivity index is 1.49. The van der Waals surface area contributed by atoms with E-state index in [1.54, 1.807) is 18.3 Å². The highest BCUT2D eigenvalue weighted by Gasteiger charge is 2.30. The topological polar surface area (TPSA) is 70.2 Å². The molecule has 204 valence electrons. The number of benzene rings is 3. The fraction of sp³-hybridized carbons (Fsp3) is 0.300. The summed E-state index contributed by atoms with van der Waals surface area (Å²) in [5.41, 5.74) is 3.09. The molecule has 1 heterocycles. The van der Waals surface area contributed by atoms with Gasteiger partial charge in [0, 0.05) is 29.4 Å². The number of hydrogen-bond acceptors (Lipinski definition) is 5. The molecule has 0 unspecified atom stereocenters. The summed E-state index contributed by atoms with van der Waals surface area (Å²) in [4.78, 5) is 24.3. The molecular weight excluding hydrogens is 503 g/mol. The number of nitrogens with one attached hydrogen (secondary N) is 2. The van der Waals surface area contributed by atoms with E-state index in [2.05, 4.69) is 39.3 Å². The molecule has 39 heavy (non-hydrogen) atoms. The maximum absolute atomic E-state index is 13.0. The first-order valence-corrected chi connectivity index (χ1v) is 13.0. The molecule has 0 radical (unpaired) electrons. The Bertz CT molecular complexity index is 1450. The van der Waals surface area contributed by atoms with E-state index >= 15 is 0 Å². The van der Waals surface area contributed by atoms with Gasteiger partial charge in [0.25, 0.3) is 5.91 Å². The van der Waals surface area contributed by atoms with Crippen molar-refractivity contribution in [3.63, 3.8) is 0 Å². The molecule has 0 atom stereocenters. The number of alkyl halides is 3. The second-order valence-electron chi connectivity index (χ2n) is 9.34. The van der Waals surface area contributed by atoms with E-state index in [0.717, 1.165) is 72.3 Å². The quantitative estimate of drug-likeness (QED) is 0.214. The molecule has 0 saturated carbocycles. The maximum Gasteiger partial charge on any atom is 0.416 e. The minimum absolute atomic E-state index is 0.0808. The van der Waals surface area contributed by atoms with Gasteiger partial charge in [-0.2, -0.15) is 13.2 Å². The number of nitrogens with zero attached hydrogens (tertiary/aromatic N) is 3. The van der Waals surface area contributed by atoms with Crippen molar-refractivity contribution in [1.29, 1.82) is 0 Å². The zero-order chi connectivity index (χ0) is 28.0. The molecule has 9 heteroatoms. The van der Waals surface area contributed by atoms with Crippen molar-refractivity contribution in [3.8, 4) is 11.1 Å². The van der Waals surface area contributed by atoms with E-state index in [4.69, 9.17) is 0 Å². The summed E-state index contributed by atoms with van der Waals surface area (Å²) in [7, 11) is 0. The number of halogens is 3. The van der Waals surface area contributed by atoms with E-state index in [9.17, 15) is 18.0 Å². The van der Waals surface area contributed by atoms with Crippen LogP contribution >= 0.6 is 0 Å². The molecule has 1 aromatic heterocycles. The van der Waals surface area contributed by atoms with Crippen LogP contribution in [0.3, 0.4) is 0 Å². The SMILES string of the molecule is CCN(CC)CCCNc1ncc2cc(-c3cc(C(=O)Nc4cccc(C(F)(F)F)c4)ccc3C)ccc2n1. The number of carbonyl (C=O) groups excluding carboxylic acids is 1. The summed E-state index contributed by atoms with van der Waals surface area (Å²) in [5.74, 6) is 0.0932. The molecule has 6 nitrogen and oxygen atoms in total. The number of rotatable bonds is 10. The van der Waals surface area contributed by atoms with Gasteiger partial charge < -0.3 is 15.5 Å². The van der Waals surface area contributed by atoms with Crippen molar-refractivity contribution >= 4 is 28.4 Å². The number of amides is 1. The molecule has 4 aromatic rings. The Kier molecular flexibility index (Phi) is 8.81. The van der Waals surface area contributed by atoms with Crippen LogP contribution in [0.4, 0.5) is 24.8 Å². The van der Waals surface area contributed by atoms with Crippen molar-refractivity contribution in [1.82, 2.24) is 14.9 Å². The highest BCUT2D eigenvalue weighted by Crippen LogP contribution is 2.31. The van der Waals surface area contributed by atoms with Gasteiger partial charge in [-0.3, -0.25) is 4.79 Å². The van der Waals surface area contributed by atoms with Crippen LogP contribution in [0.1, 0.15) is 41.8 Å². The number of aryl methyl sites for hydroxylation is 1. The lowest BCUT2D eigenvalue weighted by molar-refractivity contribution is -0.137. The van der Waals surface area contributed by atoms with Gasteiger partial charge in [-0.1, -0.05) is 32.0 Å². The van der Waals surface area contributed by atoms with Crippen LogP contribution in [0.25, 0.3) is 22.0 Å². The minimum Gasteiger partial charge on any atom is -0.354 e. The molecule has 2 N–H and O–H groups in total. The zero-order valence-electron chi connectivity index (χ0n) is 22.3. The van der Waals surface area contributed by atoms with Crippen LogP contribution in [0, 0.1) is 6.92 Å². The predicted octanol–water partition coefficient (Wildman–Crippen LogP) is 7.02. The lowest BCUT2D eigenvalue weighted by Gasteiger charge is -2.17. The Morgan fingerprint density at radius 3 is 2.54 bits per heavy atom. The normalized spacial score (nSPS) is 11.7. The Labute approximate surface area is 226 Å². The third-order valence-corrected chi connectivity index (χ3v) is 6.67. The standard InChI is InChI=1S/C30H32F3N5O/c1-4-38(5-2)15-7-14-34-29-35-19-23-16-21(12-13-27(23)37-29)26-17-22(11-10-20(26)3)28(39)36-25-9-6-8-24(18-25)30(31,32)33/h6,8-13,16-19H,4-5,7,14-15H2,1-3H3,(H,36,39)(H,34,35,37). The van der Waals surface area contributed by atoms with Gasteiger partial charge in [0.1, 0.15) is 0 Å². The van der Waals surface area contributed by atoms with Gasteiger partial charge in [0.15, 0.2) is 0 Å². The fourth-order valence-corrected chi connectivity index (χ4v) is 4.38. The van der Waals surface area contributed by atoms with Gasteiger partial charge in [0.05, 0.1) is 11.1 Å². The predicted molar refractivity (Wildman–Crippen MR) is 150 cm³/mol. The lowest BCUT2D eigenvalue weighted by atomic mass is 9.97. The van der Waals surface area contributed by atoms with E-state index in [0.29, 0.717) is 11.5 Å². The second-order valence-corrected chi connectivity index (χ2v) is 9.34. The van der Waals surface area contributed by atoms with E-state index < -0.39 is 17.6 Å². The third kappa shape index (κ3) is 7.11. The molecule has 1 amide bonds. The van der Waals surface area contributed by atoms with Crippen LogP contribution in [0.2, 0.25) is 0 Å². The van der Waals surface area contributed by atoms with Crippen LogP contribution in [-0.2, 0) is 6.18 Å². The largest absolute Gasteiger partial charge is 0.416 e. The number of aromatic nitrogens is 2. The van der Waals surface area contributed by atoms with E-state index in [1.807, 2.05) is 31.2 Å². The van der Waals surface area contributed by atoms with Crippen molar-refractivity contribution < 1.29 is 18.0 Å². The summed E-state index contributed by atoms with van der Waals surface area (Å²) in [5, 5.41) is 6.72. The number of carbonyl (C=O) groups is 1. The fourth-order valence-electron chi connectivity index (χ4n) is 4.38. The highest BCUT2D eigenvalue weighted by molar-refractivity contribution is 6.05. The molecule has 0 saturated heterocycles. The first-order valence-electron chi connectivity index (χ1n) is 13.0. The van der Waals surface area contributed by atoms with Crippen LogP contribution in [0.15, 0.2) is 66.9 Å². The third-order valence-electron chi connectivity index (χ3n) is 6.67. The Hall–Kier alpha value is -3.98. The molecule has 0 aliphatic carbocycles. The number of hydrogen-bond donors (Lipinski definition) is 2. The number of fused-ring (bicyclic) bond motifs is 1. The molecule has 0 fully saturated rings. The van der Waals surface area contributed by atoms with Crippen LogP contribution in [0.5, 0.6) is 0 Å². The van der Waals surface area contributed by atoms with Gasteiger partial charge in [0.2, 0.25) is 5.95 Å². The van der Waals surface area contributed by atoms with Gasteiger partial charge >= 0.3 is 6.18 Å². The monoisotopic (exact) mass is 535 g/mol. The molecule has 3 aromatic carbocycles. The summed E-state index contributed by atoms with van der Waals surface area (Å²) in [6.45, 7) is 10.1. The smallest absolute Gasteiger partial charge is 0.354 e. The van der Waals surface area contributed by atoms with Gasteiger partial charge in [-0.25, -0.2) is 9.97 Å². The first kappa shape index (κ1) is 28.0. The van der Waals surface area contributed by atoms with Crippen molar-refractivity contribution in [2.24, 2.45) is 0 Å². The molecular formula is C30H32F3N5O. The Morgan fingerprint density at radius 1 is 1.00 bits per heavy atom. The minimum atomic E-state index is -4.49. The van der Waals surface area contributed by atoms with Crippen LogP contribution < -0.4 is 10.6 Å². The van der Waals surface area contributed by atoms with Crippen molar-refractivity contribution in [2.75, 3.05) is 36.8 Å². The summed E-state index contributed by atoms with van der Waals surface area (Å²) < 4.78 is 39.1. The maximum atomic E-state index is 13.0. The van der Waals surface area contributed by atoms with E-state index in [1.165, 1.54) is 12.1 Å². The molecule has 0 bridgehead atoms. The van der Waals surface area contributed by atoms with Crippen LogP contribution in [-0.4, -0.2) is 47.0 Å². The zero-order valence-corrected chi connectivity index (χ0v) is 22.3. The summed E-state index contributed by atoms with van der Waals surface area (Å²) in [6, 6.07) is 15.6. The van der Waals surface area contributed by atoms with Crippen molar-refractivity contribution in [2.45, 2.75) is 33.4 Å². The van der Waals surface area contributed by atoms with E-state index in [-0.39, 0.29) is 5.69 Å². The van der Waals surface area contributed by atoms with Gasteiger partial charge in [-0.15, -0.1) is 0 Å². The van der Waals surface area contributed by atoms with Gasteiger partial charge in [-0.05, 0) is 92.1 Å². The highest BCUT2D eigenvalue weighted by atomic mass is 19.4. The van der Waals surface area contributed by atoms with Crippen molar-refractivity contribution in [3.05, 3.63) is 83.6 Å². The summed E-state index contributed by atoms with van der Waals surface area (Å²) >= 11 is 0.